The SMILES string of the molecule is O=C(Nc1cccc(F)c1C(=O)O)c1c(Cl)cccc1Cl. The van der Waals surface area contributed by atoms with E-state index in [1.807, 2.05) is 0 Å². The minimum atomic E-state index is -1.49. The molecular weight excluding hydrogens is 320 g/mol. The molecule has 108 valence electrons. The zero-order valence-electron chi connectivity index (χ0n) is 10.4. The van der Waals surface area contributed by atoms with E-state index in [9.17, 15) is 14.0 Å². The van der Waals surface area contributed by atoms with E-state index in [-0.39, 0.29) is 21.3 Å². The van der Waals surface area contributed by atoms with Crippen LogP contribution in [-0.4, -0.2) is 17.0 Å². The number of anilines is 1. The number of carbonyl (C=O) groups excluding carboxylic acids is 1. The molecule has 2 rings (SSSR count). The van der Waals surface area contributed by atoms with Crippen molar-refractivity contribution in [3.63, 3.8) is 0 Å². The Hall–Kier alpha value is -2.11. The van der Waals surface area contributed by atoms with Crippen molar-refractivity contribution in [1.82, 2.24) is 0 Å². The maximum absolute atomic E-state index is 13.5. The van der Waals surface area contributed by atoms with E-state index in [0.717, 1.165) is 6.07 Å². The highest BCUT2D eigenvalue weighted by molar-refractivity contribution is 6.40. The van der Waals surface area contributed by atoms with Crippen molar-refractivity contribution < 1.29 is 19.1 Å². The van der Waals surface area contributed by atoms with Gasteiger partial charge in [0.2, 0.25) is 0 Å². The molecule has 0 heterocycles. The highest BCUT2D eigenvalue weighted by Gasteiger charge is 2.20. The summed E-state index contributed by atoms with van der Waals surface area (Å²) in [5.41, 5.74) is -0.820. The second-order valence-corrected chi connectivity index (χ2v) is 4.83. The van der Waals surface area contributed by atoms with Crippen LogP contribution in [-0.2, 0) is 0 Å². The van der Waals surface area contributed by atoms with E-state index in [1.165, 1.54) is 24.3 Å². The molecule has 2 N–H and O–H groups in total. The molecule has 1 amide bonds. The summed E-state index contributed by atoms with van der Waals surface area (Å²) >= 11 is 11.8. The van der Waals surface area contributed by atoms with Crippen molar-refractivity contribution in [2.45, 2.75) is 0 Å². The quantitative estimate of drug-likeness (QED) is 0.892. The number of carbonyl (C=O) groups is 2. The Bertz CT molecular complexity index is 714. The van der Waals surface area contributed by atoms with Crippen LogP contribution in [0.15, 0.2) is 36.4 Å². The van der Waals surface area contributed by atoms with E-state index in [1.54, 1.807) is 6.07 Å². The third-order valence-electron chi connectivity index (χ3n) is 2.67. The molecule has 0 fully saturated rings. The molecule has 0 aromatic heterocycles. The zero-order valence-corrected chi connectivity index (χ0v) is 11.9. The van der Waals surface area contributed by atoms with Crippen LogP contribution in [0, 0.1) is 5.82 Å². The average Bonchev–Trinajstić information content (AvgIpc) is 2.37. The van der Waals surface area contributed by atoms with Gasteiger partial charge < -0.3 is 10.4 Å². The smallest absolute Gasteiger partial charge is 0.340 e. The fourth-order valence-electron chi connectivity index (χ4n) is 1.75. The summed E-state index contributed by atoms with van der Waals surface area (Å²) in [6, 6.07) is 8.03. The molecule has 0 aliphatic rings. The molecular formula is C14H8Cl2FNO3. The summed E-state index contributed by atoms with van der Waals surface area (Å²) in [6.07, 6.45) is 0. The number of hydrogen-bond acceptors (Lipinski definition) is 2. The summed E-state index contributed by atoms with van der Waals surface area (Å²) in [5.74, 6) is -3.17. The highest BCUT2D eigenvalue weighted by Crippen LogP contribution is 2.26. The van der Waals surface area contributed by atoms with E-state index >= 15 is 0 Å². The number of halogens is 3. The van der Waals surface area contributed by atoms with Gasteiger partial charge in [0, 0.05) is 0 Å². The first-order chi connectivity index (χ1) is 9.91. The Morgan fingerprint density at radius 2 is 1.57 bits per heavy atom. The lowest BCUT2D eigenvalue weighted by Crippen LogP contribution is -2.16. The van der Waals surface area contributed by atoms with Crippen LogP contribution < -0.4 is 5.32 Å². The molecule has 0 saturated carbocycles. The Morgan fingerprint density at radius 1 is 1.00 bits per heavy atom. The maximum Gasteiger partial charge on any atom is 0.340 e. The van der Waals surface area contributed by atoms with Gasteiger partial charge in [-0.2, -0.15) is 0 Å². The zero-order chi connectivity index (χ0) is 15.6. The van der Waals surface area contributed by atoms with Gasteiger partial charge in [-0.25, -0.2) is 9.18 Å². The van der Waals surface area contributed by atoms with E-state index in [4.69, 9.17) is 28.3 Å². The lowest BCUT2D eigenvalue weighted by molar-refractivity contribution is 0.0693. The molecule has 21 heavy (non-hydrogen) atoms. The minimum absolute atomic E-state index is 0.0126. The number of hydrogen-bond donors (Lipinski definition) is 2. The van der Waals surface area contributed by atoms with Crippen molar-refractivity contribution in [3.05, 3.63) is 63.4 Å². The van der Waals surface area contributed by atoms with Crippen LogP contribution in [0.5, 0.6) is 0 Å². The molecule has 0 aliphatic heterocycles. The molecule has 0 bridgehead atoms. The number of aromatic carboxylic acids is 1. The van der Waals surface area contributed by atoms with Crippen molar-refractivity contribution in [2.24, 2.45) is 0 Å². The molecule has 2 aromatic rings. The molecule has 7 heteroatoms. The van der Waals surface area contributed by atoms with Gasteiger partial charge >= 0.3 is 5.97 Å². The third-order valence-corrected chi connectivity index (χ3v) is 3.30. The molecule has 0 atom stereocenters. The normalized spacial score (nSPS) is 10.2. The Balaban J connectivity index is 2.42. The van der Waals surface area contributed by atoms with Crippen molar-refractivity contribution >= 4 is 40.8 Å². The van der Waals surface area contributed by atoms with Gasteiger partial charge in [0.05, 0.1) is 21.3 Å². The summed E-state index contributed by atoms with van der Waals surface area (Å²) in [7, 11) is 0. The minimum Gasteiger partial charge on any atom is -0.478 e. The van der Waals surface area contributed by atoms with Crippen molar-refractivity contribution in [1.29, 1.82) is 0 Å². The second-order valence-electron chi connectivity index (χ2n) is 4.02. The first-order valence-corrected chi connectivity index (χ1v) is 6.44. The fourth-order valence-corrected chi connectivity index (χ4v) is 2.31. The molecule has 0 saturated heterocycles. The largest absolute Gasteiger partial charge is 0.478 e. The summed E-state index contributed by atoms with van der Waals surface area (Å²) in [5, 5.41) is 11.5. The number of amides is 1. The van der Waals surface area contributed by atoms with E-state index < -0.39 is 23.3 Å². The lowest BCUT2D eigenvalue weighted by atomic mass is 10.1. The second kappa shape index (κ2) is 6.11. The topological polar surface area (TPSA) is 66.4 Å². The number of rotatable bonds is 3. The van der Waals surface area contributed by atoms with Crippen LogP contribution in [0.1, 0.15) is 20.7 Å². The number of carboxylic acid groups (broad SMARTS) is 1. The van der Waals surface area contributed by atoms with Crippen LogP contribution in [0.3, 0.4) is 0 Å². The molecule has 0 radical (unpaired) electrons. The number of benzene rings is 2. The maximum atomic E-state index is 13.5. The van der Waals surface area contributed by atoms with Gasteiger partial charge in [-0.05, 0) is 24.3 Å². The van der Waals surface area contributed by atoms with Crippen molar-refractivity contribution in [3.8, 4) is 0 Å². The van der Waals surface area contributed by atoms with Gasteiger partial charge in [-0.1, -0.05) is 35.3 Å². The molecule has 2 aromatic carbocycles. The summed E-state index contributed by atoms with van der Waals surface area (Å²) in [4.78, 5) is 23.2. The Morgan fingerprint density at radius 3 is 2.14 bits per heavy atom. The van der Waals surface area contributed by atoms with Crippen LogP contribution in [0.2, 0.25) is 10.0 Å². The average molecular weight is 328 g/mol. The monoisotopic (exact) mass is 327 g/mol. The van der Waals surface area contributed by atoms with Gasteiger partial charge in [0.15, 0.2) is 0 Å². The van der Waals surface area contributed by atoms with E-state index in [2.05, 4.69) is 5.32 Å². The summed E-state index contributed by atoms with van der Waals surface area (Å²) < 4.78 is 13.5. The molecule has 0 aliphatic carbocycles. The highest BCUT2D eigenvalue weighted by atomic mass is 35.5. The van der Waals surface area contributed by atoms with Crippen LogP contribution in [0.25, 0.3) is 0 Å². The van der Waals surface area contributed by atoms with Gasteiger partial charge in [-0.3, -0.25) is 4.79 Å². The first kappa shape index (κ1) is 15.3. The molecule has 0 unspecified atom stereocenters. The number of nitrogens with one attached hydrogen (secondary N) is 1. The predicted octanol–water partition coefficient (Wildman–Crippen LogP) is 4.08. The Kier molecular flexibility index (Phi) is 4.45. The Labute approximate surface area is 129 Å². The van der Waals surface area contributed by atoms with Crippen LogP contribution in [0.4, 0.5) is 10.1 Å². The molecule has 4 nitrogen and oxygen atoms in total. The van der Waals surface area contributed by atoms with E-state index in [0.29, 0.717) is 0 Å². The molecule has 0 spiro atoms. The number of carboxylic acids is 1. The predicted molar refractivity (Wildman–Crippen MR) is 77.8 cm³/mol. The van der Waals surface area contributed by atoms with Gasteiger partial charge in [0.25, 0.3) is 5.91 Å². The third kappa shape index (κ3) is 3.15. The van der Waals surface area contributed by atoms with Crippen LogP contribution >= 0.6 is 23.2 Å². The standard InChI is InChI=1S/C14H8Cl2FNO3/c15-7-3-1-4-8(16)11(7)13(19)18-10-6-2-5-9(17)12(10)14(20)21/h1-6H,(H,18,19)(H,20,21). The lowest BCUT2D eigenvalue weighted by Gasteiger charge is -2.11. The van der Waals surface area contributed by atoms with Gasteiger partial charge in [0.1, 0.15) is 11.4 Å². The van der Waals surface area contributed by atoms with Gasteiger partial charge in [-0.15, -0.1) is 0 Å². The fraction of sp³-hybridized carbons (Fsp3) is 0. The summed E-state index contributed by atoms with van der Waals surface area (Å²) in [6.45, 7) is 0. The van der Waals surface area contributed by atoms with Crippen molar-refractivity contribution in [2.75, 3.05) is 5.32 Å². The first-order valence-electron chi connectivity index (χ1n) is 5.69.